The maximum absolute atomic E-state index is 4.19. The second-order valence-electron chi connectivity index (χ2n) is 4.22. The largest absolute Gasteiger partial charge is 0.356 e. The minimum Gasteiger partial charge on any atom is -0.356 e. The van der Waals surface area contributed by atoms with Crippen LogP contribution in [0, 0.1) is 0 Å². The summed E-state index contributed by atoms with van der Waals surface area (Å²) in [6.45, 7) is 5.16. The lowest BCUT2D eigenvalue weighted by Gasteiger charge is -2.16. The van der Waals surface area contributed by atoms with E-state index in [0.717, 1.165) is 25.3 Å². The summed E-state index contributed by atoms with van der Waals surface area (Å²) in [5, 5.41) is 10.8. The van der Waals surface area contributed by atoms with Crippen LogP contribution < -0.4 is 10.6 Å². The highest BCUT2D eigenvalue weighted by molar-refractivity contribution is 5.79. The third-order valence-corrected chi connectivity index (χ3v) is 2.68. The van der Waals surface area contributed by atoms with Gasteiger partial charge in [0.1, 0.15) is 0 Å². The predicted octanol–water partition coefficient (Wildman–Crippen LogP) is 0.926. The Bertz CT molecular complexity index is 356. The fourth-order valence-electron chi connectivity index (χ4n) is 1.46. The molecule has 1 aromatic rings. The molecule has 17 heavy (non-hydrogen) atoms. The molecule has 96 valence electrons. The summed E-state index contributed by atoms with van der Waals surface area (Å²) in [7, 11) is 3.72. The summed E-state index contributed by atoms with van der Waals surface area (Å²) < 4.78 is 1.82. The molecule has 2 N–H and O–H groups in total. The second-order valence-corrected chi connectivity index (χ2v) is 4.22. The number of aryl methyl sites for hydroxylation is 1. The second kappa shape index (κ2) is 6.93. The van der Waals surface area contributed by atoms with Crippen LogP contribution in [0.3, 0.4) is 0 Å². The molecule has 1 aromatic heterocycles. The molecule has 0 aliphatic heterocycles. The smallest absolute Gasteiger partial charge is 0.191 e. The molecule has 1 rings (SSSR count). The van der Waals surface area contributed by atoms with Gasteiger partial charge in [0.15, 0.2) is 5.96 Å². The summed E-state index contributed by atoms with van der Waals surface area (Å²) in [6.07, 6.45) is 5.97. The highest BCUT2D eigenvalue weighted by atomic mass is 15.2. The normalized spacial score (nSPS) is 13.5. The molecule has 0 aliphatic carbocycles. The van der Waals surface area contributed by atoms with E-state index in [-0.39, 0.29) is 0 Å². The first kappa shape index (κ1) is 13.5. The van der Waals surface area contributed by atoms with Gasteiger partial charge in [-0.2, -0.15) is 5.10 Å². The Balaban J connectivity index is 2.29. The highest BCUT2D eigenvalue weighted by Crippen LogP contribution is 1.96. The number of hydrogen-bond acceptors (Lipinski definition) is 2. The molecule has 1 unspecified atom stereocenters. The van der Waals surface area contributed by atoms with E-state index in [0.29, 0.717) is 6.04 Å². The maximum atomic E-state index is 4.19. The Morgan fingerprint density at radius 3 is 2.88 bits per heavy atom. The number of rotatable bonds is 5. The summed E-state index contributed by atoms with van der Waals surface area (Å²) in [4.78, 5) is 4.19. The summed E-state index contributed by atoms with van der Waals surface area (Å²) >= 11 is 0. The van der Waals surface area contributed by atoms with E-state index in [1.165, 1.54) is 5.56 Å². The molecule has 0 amide bonds. The van der Waals surface area contributed by atoms with Gasteiger partial charge in [-0.15, -0.1) is 0 Å². The molecule has 0 fully saturated rings. The molecule has 1 heterocycles. The van der Waals surface area contributed by atoms with Gasteiger partial charge in [-0.3, -0.25) is 9.67 Å². The highest BCUT2D eigenvalue weighted by Gasteiger charge is 2.02. The molecule has 0 spiro atoms. The van der Waals surface area contributed by atoms with Gasteiger partial charge in [0.05, 0.1) is 6.20 Å². The average Bonchev–Trinajstić information content (AvgIpc) is 2.73. The monoisotopic (exact) mass is 237 g/mol. The van der Waals surface area contributed by atoms with E-state index in [2.05, 4.69) is 34.6 Å². The number of aromatic nitrogens is 2. The van der Waals surface area contributed by atoms with Crippen molar-refractivity contribution in [2.75, 3.05) is 13.6 Å². The number of nitrogens with zero attached hydrogens (tertiary/aromatic N) is 3. The molecule has 1 atom stereocenters. The molecule has 0 bridgehead atoms. The minimum absolute atomic E-state index is 0.444. The van der Waals surface area contributed by atoms with Gasteiger partial charge in [0.25, 0.3) is 0 Å². The zero-order valence-corrected chi connectivity index (χ0v) is 11.2. The van der Waals surface area contributed by atoms with Crippen molar-refractivity contribution in [3.05, 3.63) is 18.0 Å². The lowest BCUT2D eigenvalue weighted by atomic mass is 10.2. The Kier molecular flexibility index (Phi) is 5.52. The lowest BCUT2D eigenvalue weighted by Crippen LogP contribution is -2.42. The van der Waals surface area contributed by atoms with Gasteiger partial charge in [-0.25, -0.2) is 0 Å². The summed E-state index contributed by atoms with van der Waals surface area (Å²) in [6, 6.07) is 0.444. The van der Waals surface area contributed by atoms with E-state index in [4.69, 9.17) is 0 Å². The van der Waals surface area contributed by atoms with Crippen LogP contribution in [0.15, 0.2) is 17.4 Å². The Morgan fingerprint density at radius 1 is 1.59 bits per heavy atom. The van der Waals surface area contributed by atoms with Crippen molar-refractivity contribution < 1.29 is 0 Å². The molecule has 0 aromatic carbocycles. The van der Waals surface area contributed by atoms with E-state index in [1.54, 1.807) is 7.05 Å². The number of hydrogen-bond donors (Lipinski definition) is 2. The fourth-order valence-corrected chi connectivity index (χ4v) is 1.46. The van der Waals surface area contributed by atoms with Crippen molar-refractivity contribution in [3.8, 4) is 0 Å². The zero-order chi connectivity index (χ0) is 12.7. The summed E-state index contributed by atoms with van der Waals surface area (Å²) in [5.74, 6) is 0.864. The van der Waals surface area contributed by atoms with Crippen molar-refractivity contribution in [3.63, 3.8) is 0 Å². The topological polar surface area (TPSA) is 54.2 Å². The number of aliphatic imine (C=N–C) groups is 1. The van der Waals surface area contributed by atoms with Crippen molar-refractivity contribution in [1.29, 1.82) is 0 Å². The Hall–Kier alpha value is -1.52. The first-order valence-corrected chi connectivity index (χ1v) is 6.10. The van der Waals surface area contributed by atoms with E-state index >= 15 is 0 Å². The minimum atomic E-state index is 0.444. The lowest BCUT2D eigenvalue weighted by molar-refractivity contribution is 0.624. The van der Waals surface area contributed by atoms with Gasteiger partial charge in [0, 0.05) is 32.9 Å². The first-order chi connectivity index (χ1) is 8.15. The van der Waals surface area contributed by atoms with Crippen LogP contribution in [0.5, 0.6) is 0 Å². The first-order valence-electron chi connectivity index (χ1n) is 6.10. The van der Waals surface area contributed by atoms with Gasteiger partial charge in [-0.05, 0) is 25.3 Å². The van der Waals surface area contributed by atoms with Crippen LogP contribution in [0.2, 0.25) is 0 Å². The molecule has 0 radical (unpaired) electrons. The Morgan fingerprint density at radius 2 is 2.35 bits per heavy atom. The molecular weight excluding hydrogens is 214 g/mol. The summed E-state index contributed by atoms with van der Waals surface area (Å²) in [5.41, 5.74) is 1.24. The van der Waals surface area contributed by atoms with Gasteiger partial charge < -0.3 is 10.6 Å². The van der Waals surface area contributed by atoms with E-state index in [9.17, 15) is 0 Å². The van der Waals surface area contributed by atoms with Crippen LogP contribution in [0.1, 0.15) is 25.8 Å². The molecule has 0 saturated carbocycles. The zero-order valence-electron chi connectivity index (χ0n) is 11.2. The predicted molar refractivity (Wildman–Crippen MR) is 71.2 cm³/mol. The number of nitrogens with one attached hydrogen (secondary N) is 2. The van der Waals surface area contributed by atoms with Crippen LogP contribution in [0.4, 0.5) is 0 Å². The quantitative estimate of drug-likeness (QED) is 0.591. The SMILES string of the molecule is CCC(C)NC(=NC)NCCc1cnn(C)c1. The molecule has 5 nitrogen and oxygen atoms in total. The van der Waals surface area contributed by atoms with E-state index < -0.39 is 0 Å². The van der Waals surface area contributed by atoms with Crippen LogP contribution >= 0.6 is 0 Å². The van der Waals surface area contributed by atoms with E-state index in [1.807, 2.05) is 24.1 Å². The van der Waals surface area contributed by atoms with Gasteiger partial charge in [-0.1, -0.05) is 6.92 Å². The number of guanidine groups is 1. The Labute approximate surface area is 103 Å². The van der Waals surface area contributed by atoms with Crippen molar-refractivity contribution in [2.45, 2.75) is 32.7 Å². The third-order valence-electron chi connectivity index (χ3n) is 2.68. The van der Waals surface area contributed by atoms with Crippen LogP contribution in [0.25, 0.3) is 0 Å². The standard InChI is InChI=1S/C12H23N5/c1-5-10(2)16-12(13-3)14-7-6-11-8-15-17(4)9-11/h8-10H,5-7H2,1-4H3,(H2,13,14,16). The van der Waals surface area contributed by atoms with Crippen LogP contribution in [-0.2, 0) is 13.5 Å². The average molecular weight is 237 g/mol. The molecule has 0 aliphatic rings. The van der Waals surface area contributed by atoms with Crippen molar-refractivity contribution in [1.82, 2.24) is 20.4 Å². The maximum Gasteiger partial charge on any atom is 0.191 e. The van der Waals surface area contributed by atoms with Gasteiger partial charge in [0.2, 0.25) is 0 Å². The fraction of sp³-hybridized carbons (Fsp3) is 0.667. The third kappa shape index (κ3) is 4.89. The van der Waals surface area contributed by atoms with Crippen molar-refractivity contribution >= 4 is 5.96 Å². The van der Waals surface area contributed by atoms with Crippen molar-refractivity contribution in [2.24, 2.45) is 12.0 Å². The molecule has 5 heteroatoms. The molecule has 0 saturated heterocycles. The van der Waals surface area contributed by atoms with Crippen LogP contribution in [-0.4, -0.2) is 35.4 Å². The molecular formula is C12H23N5. The van der Waals surface area contributed by atoms with Gasteiger partial charge >= 0.3 is 0 Å².